The fourth-order valence-corrected chi connectivity index (χ4v) is 7.20. The molecule has 2 aliphatic heterocycles. The summed E-state index contributed by atoms with van der Waals surface area (Å²) >= 11 is 0. The van der Waals surface area contributed by atoms with E-state index in [1.54, 1.807) is 14.1 Å². The first-order valence-electron chi connectivity index (χ1n) is 9.04. The summed E-state index contributed by atoms with van der Waals surface area (Å²) < 4.78 is 46.5. The molecule has 28 heavy (non-hydrogen) atoms. The van der Waals surface area contributed by atoms with Crippen LogP contribution in [0.1, 0.15) is 33.6 Å². The molecular formula is C18H24N2O6S2. The van der Waals surface area contributed by atoms with Crippen molar-refractivity contribution in [1.29, 1.82) is 0 Å². The molecule has 2 heterocycles. The predicted molar refractivity (Wildman–Crippen MR) is 105 cm³/mol. The lowest BCUT2D eigenvalue weighted by Gasteiger charge is -2.24. The van der Waals surface area contributed by atoms with Crippen LogP contribution in [0.3, 0.4) is 0 Å². The maximum Gasteiger partial charge on any atom is 0.253 e. The van der Waals surface area contributed by atoms with Crippen molar-refractivity contribution in [2.75, 3.05) is 37.1 Å². The highest BCUT2D eigenvalue weighted by molar-refractivity contribution is 7.91. The average Bonchev–Trinajstić information content (AvgIpc) is 3.20. The van der Waals surface area contributed by atoms with Crippen LogP contribution in [0.2, 0.25) is 0 Å². The van der Waals surface area contributed by atoms with Crippen LogP contribution in [0, 0.1) is 0 Å². The number of hydrogen-bond donors (Lipinski definition) is 0. The minimum absolute atomic E-state index is 0.0269. The van der Waals surface area contributed by atoms with E-state index in [0.29, 0.717) is 24.0 Å². The van der Waals surface area contributed by atoms with Crippen LogP contribution in [0.15, 0.2) is 24.3 Å². The van der Waals surface area contributed by atoms with Gasteiger partial charge in [-0.05, 0) is 37.1 Å². The van der Waals surface area contributed by atoms with Gasteiger partial charge in [-0.3, -0.25) is 9.59 Å². The normalized spacial score (nSPS) is 25.4. The molecule has 2 fully saturated rings. The number of carbonyl (C=O) groups excluding carboxylic acids is 2. The van der Waals surface area contributed by atoms with Crippen molar-refractivity contribution in [2.24, 2.45) is 0 Å². The largest absolute Gasteiger partial charge is 0.338 e. The molecule has 154 valence electrons. The zero-order valence-corrected chi connectivity index (χ0v) is 17.5. The Hall–Kier alpha value is -1.94. The van der Waals surface area contributed by atoms with Gasteiger partial charge in [0.2, 0.25) is 0 Å². The van der Waals surface area contributed by atoms with Crippen molar-refractivity contribution < 1.29 is 26.4 Å². The van der Waals surface area contributed by atoms with Crippen LogP contribution in [0.5, 0.6) is 0 Å². The van der Waals surface area contributed by atoms with Gasteiger partial charge in [0.05, 0.1) is 23.0 Å². The van der Waals surface area contributed by atoms with E-state index in [4.69, 9.17) is 0 Å². The van der Waals surface area contributed by atoms with Crippen LogP contribution >= 0.6 is 0 Å². The maximum atomic E-state index is 12.6. The molecular weight excluding hydrogens is 404 g/mol. The van der Waals surface area contributed by atoms with Crippen LogP contribution in [-0.2, 0) is 19.7 Å². The van der Waals surface area contributed by atoms with Crippen molar-refractivity contribution in [3.63, 3.8) is 0 Å². The highest BCUT2D eigenvalue weighted by atomic mass is 32.2. The molecule has 1 aromatic rings. The van der Waals surface area contributed by atoms with Gasteiger partial charge < -0.3 is 9.80 Å². The van der Waals surface area contributed by atoms with E-state index >= 15 is 0 Å². The van der Waals surface area contributed by atoms with Gasteiger partial charge in [0.15, 0.2) is 19.7 Å². The highest BCUT2D eigenvalue weighted by Crippen LogP contribution is 2.21. The Balaban J connectivity index is 1.67. The Labute approximate surface area is 165 Å². The Kier molecular flexibility index (Phi) is 5.55. The first-order chi connectivity index (χ1) is 13.0. The van der Waals surface area contributed by atoms with Crippen molar-refractivity contribution in [3.8, 4) is 0 Å². The zero-order chi connectivity index (χ0) is 20.7. The summed E-state index contributed by atoms with van der Waals surface area (Å²) in [6.45, 7) is 0. The summed E-state index contributed by atoms with van der Waals surface area (Å²) in [4.78, 5) is 28.1. The van der Waals surface area contributed by atoms with E-state index in [9.17, 15) is 26.4 Å². The van der Waals surface area contributed by atoms with Gasteiger partial charge in [0.25, 0.3) is 11.8 Å². The van der Waals surface area contributed by atoms with Gasteiger partial charge in [-0.15, -0.1) is 0 Å². The molecule has 10 heteroatoms. The van der Waals surface area contributed by atoms with Gasteiger partial charge in [-0.25, -0.2) is 16.8 Å². The molecule has 0 spiro atoms. The number of rotatable bonds is 4. The monoisotopic (exact) mass is 428 g/mol. The van der Waals surface area contributed by atoms with E-state index in [2.05, 4.69) is 0 Å². The van der Waals surface area contributed by atoms with E-state index in [1.165, 1.54) is 34.1 Å². The summed E-state index contributed by atoms with van der Waals surface area (Å²) in [5.41, 5.74) is 0.740. The summed E-state index contributed by atoms with van der Waals surface area (Å²) in [7, 11) is -3.01. The van der Waals surface area contributed by atoms with E-state index < -0.39 is 19.7 Å². The maximum absolute atomic E-state index is 12.6. The lowest BCUT2D eigenvalue weighted by atomic mass is 10.1. The summed E-state index contributed by atoms with van der Waals surface area (Å²) in [6.07, 6.45) is 0.854. The van der Waals surface area contributed by atoms with E-state index in [0.717, 1.165) is 0 Å². The molecule has 3 rings (SSSR count). The number of amides is 2. The zero-order valence-electron chi connectivity index (χ0n) is 15.9. The van der Waals surface area contributed by atoms with Gasteiger partial charge in [0.1, 0.15) is 0 Å². The molecule has 0 saturated carbocycles. The van der Waals surface area contributed by atoms with Crippen LogP contribution < -0.4 is 0 Å². The van der Waals surface area contributed by atoms with E-state index in [-0.39, 0.29) is 46.9 Å². The fourth-order valence-electron chi connectivity index (χ4n) is 3.66. The smallest absolute Gasteiger partial charge is 0.253 e. The molecule has 2 saturated heterocycles. The Morgan fingerprint density at radius 1 is 0.750 bits per heavy atom. The molecule has 1 aromatic carbocycles. The summed E-state index contributed by atoms with van der Waals surface area (Å²) in [5, 5.41) is 0. The Morgan fingerprint density at radius 2 is 1.07 bits per heavy atom. The van der Waals surface area contributed by atoms with E-state index in [1.807, 2.05) is 0 Å². The number of benzene rings is 1. The van der Waals surface area contributed by atoms with Crippen LogP contribution in [0.25, 0.3) is 0 Å². The third-order valence-corrected chi connectivity index (χ3v) is 9.03. The minimum Gasteiger partial charge on any atom is -0.338 e. The fraction of sp³-hybridized carbons (Fsp3) is 0.556. The van der Waals surface area contributed by atoms with Crippen molar-refractivity contribution in [3.05, 3.63) is 35.4 Å². The quantitative estimate of drug-likeness (QED) is 0.678. The van der Waals surface area contributed by atoms with Crippen LogP contribution in [0.4, 0.5) is 0 Å². The first-order valence-corrected chi connectivity index (χ1v) is 12.7. The molecule has 0 N–H and O–H groups in total. The van der Waals surface area contributed by atoms with Gasteiger partial charge in [-0.1, -0.05) is 0 Å². The Bertz CT molecular complexity index is 904. The standard InChI is InChI=1S/C18H24N2O6S2/c1-19(15-7-9-27(23,24)11-15)17(21)13-3-5-14(6-4-13)18(22)20(2)16-8-10-28(25,26)12-16/h3-6,15-16H,7-12H2,1-2H3. The second kappa shape index (κ2) is 7.47. The first kappa shape index (κ1) is 20.8. The lowest BCUT2D eigenvalue weighted by Crippen LogP contribution is -2.38. The minimum atomic E-state index is -3.09. The predicted octanol–water partition coefficient (Wildman–Crippen LogP) is 0.205. The molecule has 0 radical (unpaired) electrons. The second-order valence-electron chi connectivity index (χ2n) is 7.52. The SMILES string of the molecule is CN(C(=O)c1ccc(C(=O)N(C)C2CCS(=O)(=O)C2)cc1)C1CCS(=O)(=O)C1. The Morgan fingerprint density at radius 3 is 1.32 bits per heavy atom. The number of nitrogens with zero attached hydrogens (tertiary/aromatic N) is 2. The number of hydrogen-bond acceptors (Lipinski definition) is 6. The van der Waals surface area contributed by atoms with Gasteiger partial charge in [0, 0.05) is 37.3 Å². The molecule has 0 aromatic heterocycles. The van der Waals surface area contributed by atoms with Crippen LogP contribution in [-0.4, -0.2) is 87.6 Å². The summed E-state index contributed by atoms with van der Waals surface area (Å²) in [5.74, 6) is -0.465. The highest BCUT2D eigenvalue weighted by Gasteiger charge is 2.34. The number of carbonyl (C=O) groups is 2. The van der Waals surface area contributed by atoms with Crippen molar-refractivity contribution in [1.82, 2.24) is 9.80 Å². The molecule has 2 amide bonds. The van der Waals surface area contributed by atoms with Gasteiger partial charge >= 0.3 is 0 Å². The molecule has 8 nitrogen and oxygen atoms in total. The molecule has 0 aliphatic carbocycles. The molecule has 2 unspecified atom stereocenters. The van der Waals surface area contributed by atoms with Crippen molar-refractivity contribution in [2.45, 2.75) is 24.9 Å². The molecule has 0 bridgehead atoms. The molecule has 2 aliphatic rings. The van der Waals surface area contributed by atoms with Gasteiger partial charge in [-0.2, -0.15) is 0 Å². The molecule has 2 atom stereocenters. The number of sulfone groups is 2. The lowest BCUT2D eigenvalue weighted by molar-refractivity contribution is 0.0735. The topological polar surface area (TPSA) is 109 Å². The third kappa shape index (κ3) is 4.38. The average molecular weight is 429 g/mol. The summed E-state index contributed by atoms with van der Waals surface area (Å²) in [6, 6.07) is 5.47. The second-order valence-corrected chi connectivity index (χ2v) is 12.0. The third-order valence-electron chi connectivity index (χ3n) is 5.53. The van der Waals surface area contributed by atoms with Crippen molar-refractivity contribution >= 4 is 31.5 Å².